The van der Waals surface area contributed by atoms with Crippen LogP contribution in [0.1, 0.15) is 5.56 Å². The van der Waals surface area contributed by atoms with Gasteiger partial charge in [-0.25, -0.2) is 0 Å². The van der Waals surface area contributed by atoms with Gasteiger partial charge in [0.05, 0.1) is 7.11 Å². The molecule has 0 radical (unpaired) electrons. The van der Waals surface area contributed by atoms with Crippen LogP contribution in [0.2, 0.25) is 5.02 Å². The monoisotopic (exact) mass is 319 g/mol. The summed E-state index contributed by atoms with van der Waals surface area (Å²) in [6.07, 6.45) is 0. The molecule has 1 unspecified atom stereocenters. The third-order valence-electron chi connectivity index (χ3n) is 2.27. The second-order valence-corrected chi connectivity index (χ2v) is 5.36. The lowest BCUT2D eigenvalue weighted by Gasteiger charge is -2.19. The Hall–Kier alpha value is -0.580. The fourth-order valence-corrected chi connectivity index (χ4v) is 2.38. The Labute approximate surface area is 115 Å². The van der Waals surface area contributed by atoms with E-state index in [4.69, 9.17) is 11.6 Å². The largest absolute Gasteiger partial charge is 0.468 e. The number of halogens is 2. The van der Waals surface area contributed by atoms with Gasteiger partial charge in [-0.05, 0) is 24.7 Å². The minimum Gasteiger partial charge on any atom is -0.468 e. The first-order chi connectivity index (χ1) is 8.02. The van der Waals surface area contributed by atoms with Gasteiger partial charge in [0.2, 0.25) is 0 Å². The number of nitrogens with zero attached hydrogens (tertiary/aromatic N) is 1. The number of esters is 1. The maximum Gasteiger partial charge on any atom is 0.320 e. The number of carbonyl (C=O) groups is 1. The van der Waals surface area contributed by atoms with Gasteiger partial charge >= 0.3 is 5.97 Å². The molecule has 3 nitrogen and oxygen atoms in total. The third-order valence-corrected chi connectivity index (χ3v) is 3.17. The molecule has 1 rings (SSSR count). The average molecular weight is 321 g/mol. The van der Waals surface area contributed by atoms with Crippen LogP contribution in [0.15, 0.2) is 24.3 Å². The number of rotatable bonds is 5. The lowest BCUT2D eigenvalue weighted by molar-refractivity contribution is -0.140. The highest BCUT2D eigenvalue weighted by atomic mass is 79.9. The molecule has 0 amide bonds. The number of hydrogen-bond donors (Lipinski definition) is 0. The highest BCUT2D eigenvalue weighted by Gasteiger charge is 2.17. The molecular weight excluding hydrogens is 305 g/mol. The van der Waals surface area contributed by atoms with Gasteiger partial charge in [0.25, 0.3) is 0 Å². The van der Waals surface area contributed by atoms with E-state index >= 15 is 0 Å². The summed E-state index contributed by atoms with van der Waals surface area (Å²) in [6, 6.07) is 7.67. The first-order valence-corrected chi connectivity index (χ1v) is 6.47. The molecule has 94 valence electrons. The van der Waals surface area contributed by atoms with Crippen molar-refractivity contribution in [2.24, 2.45) is 0 Å². The Morgan fingerprint density at radius 1 is 1.59 bits per heavy atom. The van der Waals surface area contributed by atoms with Crippen LogP contribution in [-0.2, 0) is 16.1 Å². The van der Waals surface area contributed by atoms with Crippen LogP contribution in [0.3, 0.4) is 0 Å². The Morgan fingerprint density at radius 3 is 2.88 bits per heavy atom. The van der Waals surface area contributed by atoms with Gasteiger partial charge < -0.3 is 9.64 Å². The van der Waals surface area contributed by atoms with Gasteiger partial charge in [-0.15, -0.1) is 0 Å². The van der Waals surface area contributed by atoms with Crippen molar-refractivity contribution in [1.82, 2.24) is 4.90 Å². The van der Waals surface area contributed by atoms with Crippen molar-refractivity contribution < 1.29 is 9.53 Å². The number of alkyl halides is 1. The van der Waals surface area contributed by atoms with E-state index in [0.717, 1.165) is 17.1 Å². The zero-order chi connectivity index (χ0) is 12.8. The summed E-state index contributed by atoms with van der Waals surface area (Å²) in [4.78, 5) is 13.0. The first-order valence-electron chi connectivity index (χ1n) is 5.18. The van der Waals surface area contributed by atoms with Crippen molar-refractivity contribution in [3.63, 3.8) is 0 Å². The molecule has 0 saturated heterocycles. The normalized spacial score (nSPS) is 12.5. The van der Waals surface area contributed by atoms with Crippen molar-refractivity contribution in [2.45, 2.75) is 11.4 Å². The molecule has 1 aromatic rings. The molecule has 1 atom stereocenters. The Balaban J connectivity index is 2.49. The summed E-state index contributed by atoms with van der Waals surface area (Å²) in [5, 5.41) is 0.722. The van der Waals surface area contributed by atoms with E-state index in [-0.39, 0.29) is 10.8 Å². The number of benzene rings is 1. The first kappa shape index (κ1) is 14.5. The van der Waals surface area contributed by atoms with E-state index in [0.29, 0.717) is 6.54 Å². The fourth-order valence-electron chi connectivity index (χ4n) is 1.49. The topological polar surface area (TPSA) is 29.5 Å². The summed E-state index contributed by atoms with van der Waals surface area (Å²) >= 11 is 9.19. The molecule has 0 aliphatic rings. The van der Waals surface area contributed by atoms with Crippen LogP contribution in [0.4, 0.5) is 0 Å². The lowest BCUT2D eigenvalue weighted by Crippen LogP contribution is -2.31. The molecule has 0 aliphatic heterocycles. The van der Waals surface area contributed by atoms with E-state index in [1.807, 2.05) is 36.2 Å². The molecule has 17 heavy (non-hydrogen) atoms. The summed E-state index contributed by atoms with van der Waals surface area (Å²) in [5.41, 5.74) is 1.12. The summed E-state index contributed by atoms with van der Waals surface area (Å²) in [5.74, 6) is -0.261. The van der Waals surface area contributed by atoms with Crippen LogP contribution in [0.5, 0.6) is 0 Å². The molecule has 1 aromatic carbocycles. The Bertz CT molecular complexity index is 387. The highest BCUT2D eigenvalue weighted by molar-refractivity contribution is 9.10. The quantitative estimate of drug-likeness (QED) is 0.617. The standard InChI is InChI=1S/C12H15BrClNO2/c1-15(8-11(13)12(16)17-2)7-9-4-3-5-10(14)6-9/h3-6,11H,7-8H2,1-2H3. The SMILES string of the molecule is COC(=O)C(Br)CN(C)Cc1cccc(Cl)c1. The second-order valence-electron chi connectivity index (χ2n) is 3.82. The van der Waals surface area contributed by atoms with Gasteiger partial charge in [0.15, 0.2) is 0 Å². The van der Waals surface area contributed by atoms with Crippen molar-refractivity contribution >= 4 is 33.5 Å². The van der Waals surface area contributed by atoms with Crippen LogP contribution in [0.25, 0.3) is 0 Å². The van der Waals surface area contributed by atoms with Crippen LogP contribution < -0.4 is 0 Å². The second kappa shape index (κ2) is 6.99. The van der Waals surface area contributed by atoms with E-state index < -0.39 is 0 Å². The average Bonchev–Trinajstić information content (AvgIpc) is 2.27. The molecule has 5 heteroatoms. The van der Waals surface area contributed by atoms with E-state index in [2.05, 4.69) is 20.7 Å². The maximum absolute atomic E-state index is 11.2. The Kier molecular flexibility index (Phi) is 5.95. The molecule has 0 N–H and O–H groups in total. The van der Waals surface area contributed by atoms with Crippen LogP contribution in [-0.4, -0.2) is 36.4 Å². The van der Waals surface area contributed by atoms with Crippen LogP contribution in [0, 0.1) is 0 Å². The number of carbonyl (C=O) groups excluding carboxylic acids is 1. The molecule has 0 bridgehead atoms. The van der Waals surface area contributed by atoms with Gasteiger partial charge in [0, 0.05) is 18.1 Å². The van der Waals surface area contributed by atoms with E-state index in [1.165, 1.54) is 7.11 Å². The van der Waals surface area contributed by atoms with E-state index in [1.54, 1.807) is 0 Å². The molecular formula is C12H15BrClNO2. The molecule has 0 saturated carbocycles. The zero-order valence-electron chi connectivity index (χ0n) is 9.82. The predicted molar refractivity (Wildman–Crippen MR) is 72.5 cm³/mol. The minimum absolute atomic E-state index is 0.261. The molecule has 0 heterocycles. The van der Waals surface area contributed by atoms with Crippen molar-refractivity contribution in [3.05, 3.63) is 34.9 Å². The number of ether oxygens (including phenoxy) is 1. The fraction of sp³-hybridized carbons (Fsp3) is 0.417. The van der Waals surface area contributed by atoms with Crippen molar-refractivity contribution in [3.8, 4) is 0 Å². The molecule has 0 spiro atoms. The van der Waals surface area contributed by atoms with Gasteiger partial charge in [-0.3, -0.25) is 4.79 Å². The Morgan fingerprint density at radius 2 is 2.29 bits per heavy atom. The van der Waals surface area contributed by atoms with Crippen molar-refractivity contribution in [1.29, 1.82) is 0 Å². The summed E-state index contributed by atoms with van der Waals surface area (Å²) in [7, 11) is 3.33. The minimum atomic E-state index is -0.309. The van der Waals surface area contributed by atoms with Gasteiger partial charge in [-0.1, -0.05) is 39.7 Å². The number of methoxy groups -OCH3 is 1. The smallest absolute Gasteiger partial charge is 0.320 e. The molecule has 0 fully saturated rings. The van der Waals surface area contributed by atoms with E-state index in [9.17, 15) is 4.79 Å². The number of hydrogen-bond acceptors (Lipinski definition) is 3. The van der Waals surface area contributed by atoms with Crippen molar-refractivity contribution in [2.75, 3.05) is 20.7 Å². The summed E-state index contributed by atoms with van der Waals surface area (Å²) < 4.78 is 4.65. The zero-order valence-corrected chi connectivity index (χ0v) is 12.2. The van der Waals surface area contributed by atoms with Crippen LogP contribution >= 0.6 is 27.5 Å². The lowest BCUT2D eigenvalue weighted by atomic mass is 10.2. The third kappa shape index (κ3) is 5.06. The predicted octanol–water partition coefficient (Wildman–Crippen LogP) is 2.71. The highest BCUT2D eigenvalue weighted by Crippen LogP contribution is 2.13. The maximum atomic E-state index is 11.2. The molecule has 0 aliphatic carbocycles. The van der Waals surface area contributed by atoms with Gasteiger partial charge in [-0.2, -0.15) is 0 Å². The molecule has 0 aromatic heterocycles. The summed E-state index contributed by atoms with van der Waals surface area (Å²) in [6.45, 7) is 1.32. The van der Waals surface area contributed by atoms with Gasteiger partial charge in [0.1, 0.15) is 4.83 Å².